The highest BCUT2D eigenvalue weighted by Crippen LogP contribution is 2.28. The van der Waals surface area contributed by atoms with E-state index in [-0.39, 0.29) is 4.90 Å². The first-order valence-corrected chi connectivity index (χ1v) is 6.31. The van der Waals surface area contributed by atoms with E-state index >= 15 is 0 Å². The Hall–Kier alpha value is -1.39. The molecule has 0 saturated carbocycles. The van der Waals surface area contributed by atoms with Crippen LogP contribution in [0.15, 0.2) is 35.2 Å². The van der Waals surface area contributed by atoms with Gasteiger partial charge in [-0.15, -0.1) is 0 Å². The largest absolute Gasteiger partial charge is 0.295 e. The Balaban J connectivity index is 3.05. The summed E-state index contributed by atoms with van der Waals surface area (Å²) in [5.41, 5.74) is 1.45. The Bertz CT molecular complexity index is 657. The van der Waals surface area contributed by atoms with Gasteiger partial charge >= 0.3 is 0 Å². The van der Waals surface area contributed by atoms with Crippen molar-refractivity contribution in [1.29, 1.82) is 0 Å². The minimum Gasteiger partial charge on any atom is -0.282 e. The Kier molecular flexibility index (Phi) is 2.48. The molecule has 3 nitrogen and oxygen atoms in total. The molecule has 16 heavy (non-hydrogen) atoms. The van der Waals surface area contributed by atoms with Gasteiger partial charge < -0.3 is 0 Å². The first-order chi connectivity index (χ1) is 7.41. The molecule has 0 amide bonds. The number of fused-ring (bicyclic) bond motifs is 1. The van der Waals surface area contributed by atoms with Crippen molar-refractivity contribution in [2.24, 2.45) is 0 Å². The van der Waals surface area contributed by atoms with Gasteiger partial charge in [0.15, 0.2) is 0 Å². The molecule has 0 heterocycles. The number of hydrogen-bond donors (Lipinski definition) is 1. The molecule has 0 saturated heterocycles. The van der Waals surface area contributed by atoms with Crippen LogP contribution in [-0.4, -0.2) is 13.0 Å². The molecule has 0 spiro atoms. The van der Waals surface area contributed by atoms with E-state index in [1.807, 2.05) is 25.1 Å². The zero-order chi connectivity index (χ0) is 11.9. The number of rotatable bonds is 1. The quantitative estimate of drug-likeness (QED) is 0.774. The van der Waals surface area contributed by atoms with Crippen LogP contribution in [0.25, 0.3) is 10.8 Å². The molecule has 2 aromatic rings. The molecule has 0 aliphatic rings. The summed E-state index contributed by atoms with van der Waals surface area (Å²) < 4.78 is 32.0. The van der Waals surface area contributed by atoms with Crippen LogP contribution in [0.1, 0.15) is 11.1 Å². The van der Waals surface area contributed by atoms with Crippen LogP contribution in [0.3, 0.4) is 0 Å². The predicted octanol–water partition coefficient (Wildman–Crippen LogP) is 2.70. The van der Waals surface area contributed by atoms with Crippen molar-refractivity contribution in [1.82, 2.24) is 0 Å². The molecule has 0 aromatic heterocycles. The van der Waals surface area contributed by atoms with Gasteiger partial charge in [-0.25, -0.2) is 0 Å². The zero-order valence-corrected chi connectivity index (χ0v) is 9.88. The van der Waals surface area contributed by atoms with Crippen LogP contribution in [0.5, 0.6) is 0 Å². The molecule has 0 aliphatic heterocycles. The topological polar surface area (TPSA) is 54.4 Å². The summed E-state index contributed by atoms with van der Waals surface area (Å²) in [6.45, 7) is 3.53. The van der Waals surface area contributed by atoms with E-state index in [0.29, 0.717) is 10.9 Å². The Morgan fingerprint density at radius 1 is 1.12 bits per heavy atom. The molecular weight excluding hydrogens is 224 g/mol. The maximum atomic E-state index is 11.4. The van der Waals surface area contributed by atoms with Crippen molar-refractivity contribution in [2.45, 2.75) is 18.7 Å². The van der Waals surface area contributed by atoms with Crippen molar-refractivity contribution in [2.75, 3.05) is 0 Å². The van der Waals surface area contributed by atoms with Crippen LogP contribution in [0, 0.1) is 13.8 Å². The highest BCUT2D eigenvalue weighted by Gasteiger charge is 2.18. The fourth-order valence-corrected chi connectivity index (χ4v) is 2.90. The lowest BCUT2D eigenvalue weighted by Gasteiger charge is -2.10. The minimum atomic E-state index is -4.18. The third kappa shape index (κ3) is 1.70. The molecule has 2 rings (SSSR count). The maximum absolute atomic E-state index is 11.4. The molecule has 0 atom stereocenters. The van der Waals surface area contributed by atoms with E-state index in [0.717, 1.165) is 10.9 Å². The van der Waals surface area contributed by atoms with E-state index in [1.54, 1.807) is 19.1 Å². The molecule has 0 unspecified atom stereocenters. The molecule has 2 aromatic carbocycles. The van der Waals surface area contributed by atoms with Crippen LogP contribution in [-0.2, 0) is 10.1 Å². The summed E-state index contributed by atoms with van der Waals surface area (Å²) in [6.07, 6.45) is 0. The van der Waals surface area contributed by atoms with Crippen LogP contribution >= 0.6 is 0 Å². The van der Waals surface area contributed by atoms with Gasteiger partial charge in [0.1, 0.15) is 4.90 Å². The van der Waals surface area contributed by atoms with E-state index in [2.05, 4.69) is 0 Å². The second-order valence-electron chi connectivity index (χ2n) is 3.84. The molecule has 0 bridgehead atoms. The molecule has 0 aliphatic carbocycles. The Morgan fingerprint density at radius 2 is 1.75 bits per heavy atom. The van der Waals surface area contributed by atoms with Gasteiger partial charge in [-0.3, -0.25) is 4.55 Å². The van der Waals surface area contributed by atoms with Gasteiger partial charge in [0.25, 0.3) is 10.1 Å². The lowest BCUT2D eigenvalue weighted by molar-refractivity contribution is 0.483. The highest BCUT2D eigenvalue weighted by atomic mass is 32.2. The highest BCUT2D eigenvalue weighted by molar-refractivity contribution is 7.86. The van der Waals surface area contributed by atoms with E-state index < -0.39 is 10.1 Å². The normalized spacial score (nSPS) is 11.9. The third-order valence-electron chi connectivity index (χ3n) is 2.77. The van der Waals surface area contributed by atoms with Crippen molar-refractivity contribution in [3.63, 3.8) is 0 Å². The van der Waals surface area contributed by atoms with Gasteiger partial charge in [-0.2, -0.15) is 8.42 Å². The standard InChI is InChI=1S/C12H12O3S/c1-8-7-10-5-3-4-6-11(10)12(9(8)2)16(13,14)15/h3-7H,1-2H3,(H,13,14,15). The van der Waals surface area contributed by atoms with Gasteiger partial charge in [0.2, 0.25) is 0 Å². The van der Waals surface area contributed by atoms with Gasteiger partial charge in [-0.1, -0.05) is 30.3 Å². The van der Waals surface area contributed by atoms with Gasteiger partial charge in [0.05, 0.1) is 0 Å². The monoisotopic (exact) mass is 236 g/mol. The second-order valence-corrected chi connectivity index (χ2v) is 5.20. The van der Waals surface area contributed by atoms with Crippen LogP contribution in [0.2, 0.25) is 0 Å². The third-order valence-corrected chi connectivity index (χ3v) is 3.81. The SMILES string of the molecule is Cc1cc2ccccc2c(S(=O)(=O)O)c1C. The average molecular weight is 236 g/mol. The summed E-state index contributed by atoms with van der Waals surface area (Å²) in [5, 5.41) is 1.38. The fourth-order valence-electron chi connectivity index (χ4n) is 1.88. The van der Waals surface area contributed by atoms with Gasteiger partial charge in [0, 0.05) is 5.39 Å². The molecule has 0 fully saturated rings. The summed E-state index contributed by atoms with van der Waals surface area (Å²) in [7, 11) is -4.18. The first-order valence-electron chi connectivity index (χ1n) is 4.87. The summed E-state index contributed by atoms with van der Waals surface area (Å²) in [5.74, 6) is 0. The van der Waals surface area contributed by atoms with Crippen molar-refractivity contribution in [3.8, 4) is 0 Å². The Morgan fingerprint density at radius 3 is 2.38 bits per heavy atom. The molecule has 84 valence electrons. The number of benzene rings is 2. The lowest BCUT2D eigenvalue weighted by atomic mass is 10.0. The van der Waals surface area contributed by atoms with Crippen LogP contribution < -0.4 is 0 Å². The zero-order valence-electron chi connectivity index (χ0n) is 9.06. The average Bonchev–Trinajstić information content (AvgIpc) is 2.17. The smallest absolute Gasteiger partial charge is 0.282 e. The van der Waals surface area contributed by atoms with Crippen LogP contribution in [0.4, 0.5) is 0 Å². The Labute approximate surface area is 94.5 Å². The van der Waals surface area contributed by atoms with Crippen molar-refractivity contribution >= 4 is 20.9 Å². The molecule has 0 radical (unpaired) electrons. The van der Waals surface area contributed by atoms with E-state index in [1.165, 1.54) is 0 Å². The summed E-state index contributed by atoms with van der Waals surface area (Å²) >= 11 is 0. The first kappa shape index (κ1) is 11.1. The predicted molar refractivity (Wildman–Crippen MR) is 63.2 cm³/mol. The second kappa shape index (κ2) is 3.57. The molecule has 4 heteroatoms. The van der Waals surface area contributed by atoms with Crippen molar-refractivity contribution in [3.05, 3.63) is 41.5 Å². The molecule has 1 N–H and O–H groups in total. The van der Waals surface area contributed by atoms with E-state index in [4.69, 9.17) is 0 Å². The maximum Gasteiger partial charge on any atom is 0.295 e. The van der Waals surface area contributed by atoms with Crippen molar-refractivity contribution < 1.29 is 13.0 Å². The van der Waals surface area contributed by atoms with E-state index in [9.17, 15) is 13.0 Å². The molecular formula is C12H12O3S. The summed E-state index contributed by atoms with van der Waals surface area (Å²) in [4.78, 5) is 0.0168. The minimum absolute atomic E-state index is 0.0168. The van der Waals surface area contributed by atoms with Gasteiger partial charge in [-0.05, 0) is 30.4 Å². The number of hydrogen-bond acceptors (Lipinski definition) is 2. The fraction of sp³-hybridized carbons (Fsp3) is 0.167. The number of aryl methyl sites for hydroxylation is 1. The summed E-state index contributed by atoms with van der Waals surface area (Å²) in [6, 6.07) is 9.04. The lowest BCUT2D eigenvalue weighted by Crippen LogP contribution is -2.03.